The van der Waals surface area contributed by atoms with Crippen LogP contribution >= 0.6 is 0 Å². The Morgan fingerprint density at radius 1 is 1.36 bits per heavy atom. The Morgan fingerprint density at radius 3 is 2.27 bits per heavy atom. The minimum absolute atomic E-state index is 0.0838. The van der Waals surface area contributed by atoms with Gasteiger partial charge in [-0.1, -0.05) is 0 Å². The molecule has 0 aromatic heterocycles. The molecule has 1 atom stereocenters. The van der Waals surface area contributed by atoms with Crippen LogP contribution in [0.25, 0.3) is 0 Å². The van der Waals surface area contributed by atoms with Crippen molar-refractivity contribution in [3.05, 3.63) is 0 Å². The summed E-state index contributed by atoms with van der Waals surface area (Å²) in [6.45, 7) is -0.0838. The second-order valence-corrected chi connectivity index (χ2v) is 4.64. The molecule has 0 aliphatic carbocycles. The van der Waals surface area contributed by atoms with Crippen LogP contribution in [0.5, 0.6) is 0 Å². The SMILES string of the molecule is O=S(O)OCCC[Si](O)(O)O. The van der Waals surface area contributed by atoms with Gasteiger partial charge in [-0.15, -0.1) is 0 Å². The molecule has 0 saturated carbocycles. The van der Waals surface area contributed by atoms with E-state index < -0.39 is 20.2 Å². The van der Waals surface area contributed by atoms with E-state index in [0.717, 1.165) is 0 Å². The molecule has 0 radical (unpaired) electrons. The van der Waals surface area contributed by atoms with Crippen LogP contribution in [0.3, 0.4) is 0 Å². The van der Waals surface area contributed by atoms with Crippen LogP contribution in [0.15, 0.2) is 0 Å². The molecule has 8 heteroatoms. The third kappa shape index (κ3) is 10.2. The lowest BCUT2D eigenvalue weighted by Crippen LogP contribution is -2.34. The predicted molar refractivity (Wildman–Crippen MR) is 38.6 cm³/mol. The van der Waals surface area contributed by atoms with Crippen molar-refractivity contribution in [3.63, 3.8) is 0 Å². The summed E-state index contributed by atoms with van der Waals surface area (Å²) in [4.78, 5) is 25.3. The van der Waals surface area contributed by atoms with Gasteiger partial charge in [0, 0.05) is 6.04 Å². The number of hydrogen-bond acceptors (Lipinski definition) is 5. The topological polar surface area (TPSA) is 107 Å². The van der Waals surface area contributed by atoms with Crippen LogP contribution in [-0.2, 0) is 15.5 Å². The van der Waals surface area contributed by atoms with Gasteiger partial charge in [-0.3, -0.25) is 8.74 Å². The van der Waals surface area contributed by atoms with Crippen molar-refractivity contribution < 1.29 is 27.3 Å². The number of hydrogen-bond donors (Lipinski definition) is 4. The maximum atomic E-state index is 9.84. The first-order valence-electron chi connectivity index (χ1n) is 2.83. The maximum absolute atomic E-state index is 9.84. The van der Waals surface area contributed by atoms with Crippen molar-refractivity contribution in [1.29, 1.82) is 0 Å². The highest BCUT2D eigenvalue weighted by Crippen LogP contribution is 2.01. The Bertz CT molecular complexity index is 132. The molecule has 6 nitrogen and oxygen atoms in total. The van der Waals surface area contributed by atoms with Gasteiger partial charge in [0.2, 0.25) is 0 Å². The van der Waals surface area contributed by atoms with Crippen molar-refractivity contribution in [1.82, 2.24) is 0 Å². The van der Waals surface area contributed by atoms with E-state index in [-0.39, 0.29) is 19.1 Å². The molecule has 0 amide bonds. The molecule has 0 aromatic rings. The Hall–Kier alpha value is 0.167. The van der Waals surface area contributed by atoms with Crippen LogP contribution in [0.4, 0.5) is 0 Å². The molecule has 0 bridgehead atoms. The van der Waals surface area contributed by atoms with Crippen molar-refractivity contribution >= 4 is 20.2 Å². The van der Waals surface area contributed by atoms with E-state index in [1.807, 2.05) is 0 Å². The molecular formula is C3H10O6SSi. The van der Waals surface area contributed by atoms with Crippen LogP contribution < -0.4 is 0 Å². The molecule has 0 rings (SSSR count). The second-order valence-electron chi connectivity index (χ2n) is 1.92. The van der Waals surface area contributed by atoms with Gasteiger partial charge >= 0.3 is 20.2 Å². The summed E-state index contributed by atoms with van der Waals surface area (Å²) in [7, 11) is -3.99. The fourth-order valence-corrected chi connectivity index (χ4v) is 1.32. The average Bonchev–Trinajstić information content (AvgIpc) is 1.78. The second kappa shape index (κ2) is 4.93. The average molecular weight is 202 g/mol. The van der Waals surface area contributed by atoms with Gasteiger partial charge < -0.3 is 14.4 Å². The summed E-state index contributed by atoms with van der Waals surface area (Å²) in [6, 6.07) is -0.190. The molecule has 1 unspecified atom stereocenters. The predicted octanol–water partition coefficient (Wildman–Crippen LogP) is -1.55. The lowest BCUT2D eigenvalue weighted by atomic mass is 10.5. The highest BCUT2D eigenvalue weighted by atomic mass is 32.2. The van der Waals surface area contributed by atoms with E-state index in [4.69, 9.17) is 18.9 Å². The fourth-order valence-electron chi connectivity index (χ4n) is 0.440. The molecule has 0 aromatic carbocycles. The Kier molecular flexibility index (Phi) is 5.00. The molecule has 4 N–H and O–H groups in total. The van der Waals surface area contributed by atoms with Crippen molar-refractivity contribution in [2.75, 3.05) is 6.61 Å². The van der Waals surface area contributed by atoms with E-state index in [2.05, 4.69) is 4.18 Å². The smallest absolute Gasteiger partial charge is 0.390 e. The molecule has 0 aliphatic heterocycles. The van der Waals surface area contributed by atoms with Crippen LogP contribution in [-0.4, -0.2) is 38.6 Å². The van der Waals surface area contributed by atoms with Crippen LogP contribution in [0.2, 0.25) is 6.04 Å². The third-order valence-electron chi connectivity index (χ3n) is 0.841. The van der Waals surface area contributed by atoms with E-state index in [9.17, 15) is 4.21 Å². The first-order chi connectivity index (χ1) is 4.92. The monoisotopic (exact) mass is 202 g/mol. The summed E-state index contributed by atoms with van der Waals surface area (Å²) in [6.07, 6.45) is 0.141. The van der Waals surface area contributed by atoms with Gasteiger partial charge in [0.15, 0.2) is 0 Å². The molecule has 0 heterocycles. The van der Waals surface area contributed by atoms with Crippen LogP contribution in [0.1, 0.15) is 6.42 Å². The molecule has 0 spiro atoms. The lowest BCUT2D eigenvalue weighted by molar-refractivity contribution is 0.219. The lowest BCUT2D eigenvalue weighted by Gasteiger charge is -2.07. The number of rotatable bonds is 5. The minimum Gasteiger partial charge on any atom is -0.390 e. The van der Waals surface area contributed by atoms with Crippen molar-refractivity contribution in [2.45, 2.75) is 12.5 Å². The molecule has 0 fully saturated rings. The highest BCUT2D eigenvalue weighted by molar-refractivity contribution is 7.74. The summed E-state index contributed by atoms with van der Waals surface area (Å²) < 4.78 is 22.0. The van der Waals surface area contributed by atoms with Gasteiger partial charge in [0.05, 0.1) is 6.61 Å². The van der Waals surface area contributed by atoms with Gasteiger partial charge in [0.1, 0.15) is 0 Å². The highest BCUT2D eigenvalue weighted by Gasteiger charge is 2.25. The molecule has 68 valence electrons. The quantitative estimate of drug-likeness (QED) is 0.244. The van der Waals surface area contributed by atoms with Gasteiger partial charge in [-0.05, 0) is 6.42 Å². The first-order valence-corrected chi connectivity index (χ1v) is 5.91. The third-order valence-corrected chi connectivity index (χ3v) is 2.23. The van der Waals surface area contributed by atoms with Gasteiger partial charge in [-0.25, -0.2) is 0 Å². The van der Waals surface area contributed by atoms with E-state index in [0.29, 0.717) is 0 Å². The zero-order chi connectivity index (χ0) is 8.91. The Labute approximate surface area is 67.3 Å². The van der Waals surface area contributed by atoms with E-state index in [1.54, 1.807) is 0 Å². The Balaban J connectivity index is 3.22. The van der Waals surface area contributed by atoms with E-state index in [1.165, 1.54) is 0 Å². The molecule has 11 heavy (non-hydrogen) atoms. The Morgan fingerprint density at radius 2 is 1.91 bits per heavy atom. The zero-order valence-electron chi connectivity index (χ0n) is 5.63. The minimum atomic E-state index is -3.99. The standard InChI is InChI=1S/C3H10O6SSi/c4-10(5)9-2-1-3-11(6,7)8/h6-8H,1-3H2,(H,4,5). The largest absolute Gasteiger partial charge is 0.492 e. The van der Waals surface area contributed by atoms with E-state index >= 15 is 0 Å². The van der Waals surface area contributed by atoms with Crippen molar-refractivity contribution in [3.8, 4) is 0 Å². The zero-order valence-corrected chi connectivity index (χ0v) is 7.45. The molecular weight excluding hydrogens is 192 g/mol. The maximum Gasteiger partial charge on any atom is 0.492 e. The van der Waals surface area contributed by atoms with Gasteiger partial charge in [-0.2, -0.15) is 4.21 Å². The van der Waals surface area contributed by atoms with Crippen LogP contribution in [0, 0.1) is 0 Å². The summed E-state index contributed by atoms with van der Waals surface area (Å²) in [5.74, 6) is 0. The van der Waals surface area contributed by atoms with Crippen molar-refractivity contribution in [2.24, 2.45) is 0 Å². The normalized spacial score (nSPS) is 14.9. The van der Waals surface area contributed by atoms with Gasteiger partial charge in [0.25, 0.3) is 0 Å². The molecule has 0 saturated heterocycles. The molecule has 0 aliphatic rings. The fraction of sp³-hybridized carbons (Fsp3) is 1.00. The summed E-state index contributed by atoms with van der Waals surface area (Å²) in [5.41, 5.74) is 0. The summed E-state index contributed by atoms with van der Waals surface area (Å²) >= 11 is -2.32. The first kappa shape index (κ1) is 11.2. The summed E-state index contributed by atoms with van der Waals surface area (Å²) in [5, 5.41) is 0.